The first-order valence-electron chi connectivity index (χ1n) is 13.4. The van der Waals surface area contributed by atoms with Crippen molar-refractivity contribution >= 4 is 11.4 Å². The Kier molecular flexibility index (Phi) is 13.0. The van der Waals surface area contributed by atoms with Crippen LogP contribution in [0.1, 0.15) is 90.2 Å². The van der Waals surface area contributed by atoms with Gasteiger partial charge in [0.15, 0.2) is 0 Å². The minimum atomic E-state index is 0.561. The van der Waals surface area contributed by atoms with E-state index in [0.29, 0.717) is 67.2 Å². The minimum absolute atomic E-state index is 0.561. The van der Waals surface area contributed by atoms with Gasteiger partial charge in [-0.2, -0.15) is 0 Å². The number of nitrogen functional groups attached to an aromatic ring is 2. The van der Waals surface area contributed by atoms with Crippen LogP contribution >= 0.6 is 0 Å². The predicted octanol–water partition coefficient (Wildman–Crippen LogP) is 7.16. The van der Waals surface area contributed by atoms with Crippen molar-refractivity contribution < 1.29 is 18.9 Å². The van der Waals surface area contributed by atoms with Crippen LogP contribution in [-0.4, -0.2) is 26.4 Å². The molecule has 35 heavy (non-hydrogen) atoms. The summed E-state index contributed by atoms with van der Waals surface area (Å²) >= 11 is 0. The Balaban J connectivity index is 2.36. The average Bonchev–Trinajstić information content (AvgIpc) is 2.84. The molecule has 0 bridgehead atoms. The monoisotopic (exact) mass is 486 g/mol. The average molecular weight is 487 g/mol. The van der Waals surface area contributed by atoms with Crippen molar-refractivity contribution in [2.24, 2.45) is 0 Å². The summed E-state index contributed by atoms with van der Waals surface area (Å²) in [6, 6.07) is 8.07. The molecule has 6 nitrogen and oxygen atoms in total. The van der Waals surface area contributed by atoms with Crippen LogP contribution in [0.3, 0.4) is 0 Å². The highest BCUT2D eigenvalue weighted by Crippen LogP contribution is 2.38. The molecule has 0 aliphatic carbocycles. The molecular weight excluding hydrogens is 440 g/mol. The van der Waals surface area contributed by atoms with E-state index in [2.05, 4.69) is 27.7 Å². The molecule has 4 N–H and O–H groups in total. The van der Waals surface area contributed by atoms with E-state index in [0.717, 1.165) is 62.5 Å². The van der Waals surface area contributed by atoms with Crippen LogP contribution in [0.5, 0.6) is 23.0 Å². The molecule has 0 fully saturated rings. The van der Waals surface area contributed by atoms with Crippen LogP contribution in [0, 0.1) is 0 Å². The third-order valence-corrected chi connectivity index (χ3v) is 5.76. The zero-order valence-corrected chi connectivity index (χ0v) is 22.3. The zero-order valence-electron chi connectivity index (χ0n) is 22.3. The number of benzene rings is 2. The van der Waals surface area contributed by atoms with E-state index < -0.39 is 0 Å². The van der Waals surface area contributed by atoms with Gasteiger partial charge in [0.1, 0.15) is 34.4 Å². The van der Waals surface area contributed by atoms with Crippen molar-refractivity contribution in [2.75, 3.05) is 37.9 Å². The van der Waals surface area contributed by atoms with Gasteiger partial charge in [0.05, 0.1) is 26.4 Å². The van der Waals surface area contributed by atoms with Gasteiger partial charge in [-0.3, -0.25) is 0 Å². The Bertz CT molecular complexity index is 751. The van der Waals surface area contributed by atoms with Crippen LogP contribution in [0.4, 0.5) is 11.4 Å². The van der Waals surface area contributed by atoms with E-state index in [1.165, 1.54) is 0 Å². The standard InChI is InChI=1S/C29H46N2O4/c1-5-9-13-32-24-18-22(19-25(28(24)30)33-14-10-6-2)17-23-20-26(34-15-11-7-3)29(31)27(21-23)35-16-12-8-4/h18-21H,5-17,30-31H2,1-4H3. The topological polar surface area (TPSA) is 89.0 Å². The SMILES string of the molecule is CCCCOc1cc(Cc2cc(OCCCC)c(N)c(OCCCC)c2)cc(OCCCC)c1N. The molecule has 0 atom stereocenters. The maximum absolute atomic E-state index is 6.41. The molecule has 0 spiro atoms. The summed E-state index contributed by atoms with van der Waals surface area (Å²) < 4.78 is 24.1. The summed E-state index contributed by atoms with van der Waals surface area (Å²) in [6.45, 7) is 11.1. The van der Waals surface area contributed by atoms with Gasteiger partial charge < -0.3 is 30.4 Å². The van der Waals surface area contributed by atoms with Crippen molar-refractivity contribution in [3.63, 3.8) is 0 Å². The van der Waals surface area contributed by atoms with Crippen LogP contribution in [0.15, 0.2) is 24.3 Å². The summed E-state index contributed by atoms with van der Waals surface area (Å²) in [7, 11) is 0. The van der Waals surface area contributed by atoms with Crippen molar-refractivity contribution in [1.82, 2.24) is 0 Å². The quantitative estimate of drug-likeness (QED) is 0.172. The van der Waals surface area contributed by atoms with Gasteiger partial charge in [0.25, 0.3) is 0 Å². The second kappa shape index (κ2) is 16.0. The lowest BCUT2D eigenvalue weighted by Gasteiger charge is -2.18. The van der Waals surface area contributed by atoms with Gasteiger partial charge in [-0.25, -0.2) is 0 Å². The fourth-order valence-electron chi connectivity index (χ4n) is 3.53. The molecule has 0 aromatic heterocycles. The normalized spacial score (nSPS) is 10.9. The van der Waals surface area contributed by atoms with Crippen LogP contribution in [0.2, 0.25) is 0 Å². The molecule has 0 aliphatic rings. The Morgan fingerprint density at radius 1 is 0.486 bits per heavy atom. The minimum Gasteiger partial charge on any atom is -0.491 e. The summed E-state index contributed by atoms with van der Waals surface area (Å²) in [5, 5.41) is 0. The predicted molar refractivity (Wildman–Crippen MR) is 146 cm³/mol. The van der Waals surface area contributed by atoms with Gasteiger partial charge in [-0.05, 0) is 67.5 Å². The number of anilines is 2. The lowest BCUT2D eigenvalue weighted by atomic mass is 10.0. The fraction of sp³-hybridized carbons (Fsp3) is 0.586. The first kappa shape index (κ1) is 28.5. The van der Waals surface area contributed by atoms with Gasteiger partial charge >= 0.3 is 0 Å². The maximum Gasteiger partial charge on any atom is 0.146 e. The second-order valence-electron chi connectivity index (χ2n) is 9.00. The highest BCUT2D eigenvalue weighted by atomic mass is 16.5. The number of ether oxygens (including phenoxy) is 4. The van der Waals surface area contributed by atoms with Crippen molar-refractivity contribution in [3.8, 4) is 23.0 Å². The smallest absolute Gasteiger partial charge is 0.146 e. The van der Waals surface area contributed by atoms with E-state index in [-0.39, 0.29) is 0 Å². The zero-order chi connectivity index (χ0) is 25.5. The summed E-state index contributed by atoms with van der Waals surface area (Å²) in [4.78, 5) is 0. The Labute approximate surface area is 212 Å². The molecule has 0 saturated carbocycles. The van der Waals surface area contributed by atoms with Crippen LogP contribution < -0.4 is 30.4 Å². The molecule has 2 rings (SSSR count). The number of rotatable bonds is 18. The fourth-order valence-corrected chi connectivity index (χ4v) is 3.53. The van der Waals surface area contributed by atoms with E-state index in [1.807, 2.05) is 24.3 Å². The van der Waals surface area contributed by atoms with Crippen LogP contribution in [0.25, 0.3) is 0 Å². The maximum atomic E-state index is 6.41. The largest absolute Gasteiger partial charge is 0.491 e. The number of hydrogen-bond acceptors (Lipinski definition) is 6. The van der Waals surface area contributed by atoms with Crippen molar-refractivity contribution in [2.45, 2.75) is 85.5 Å². The molecule has 0 aliphatic heterocycles. The number of hydrogen-bond donors (Lipinski definition) is 2. The molecule has 0 radical (unpaired) electrons. The third kappa shape index (κ3) is 9.42. The third-order valence-electron chi connectivity index (χ3n) is 5.76. The Morgan fingerprint density at radius 3 is 0.971 bits per heavy atom. The van der Waals surface area contributed by atoms with Crippen LogP contribution in [-0.2, 0) is 6.42 Å². The molecule has 0 unspecified atom stereocenters. The van der Waals surface area contributed by atoms with E-state index in [1.54, 1.807) is 0 Å². The lowest BCUT2D eigenvalue weighted by molar-refractivity contribution is 0.296. The van der Waals surface area contributed by atoms with Gasteiger partial charge in [0, 0.05) is 0 Å². The molecule has 2 aromatic carbocycles. The lowest BCUT2D eigenvalue weighted by Crippen LogP contribution is -2.07. The summed E-state index contributed by atoms with van der Waals surface area (Å²) in [5.74, 6) is 2.71. The van der Waals surface area contributed by atoms with Gasteiger partial charge in [-0.15, -0.1) is 0 Å². The highest BCUT2D eigenvalue weighted by molar-refractivity contribution is 5.66. The van der Waals surface area contributed by atoms with E-state index in [9.17, 15) is 0 Å². The molecule has 0 heterocycles. The highest BCUT2D eigenvalue weighted by Gasteiger charge is 2.15. The summed E-state index contributed by atoms with van der Waals surface area (Å²) in [6.07, 6.45) is 8.81. The van der Waals surface area contributed by atoms with Crippen molar-refractivity contribution in [1.29, 1.82) is 0 Å². The second-order valence-corrected chi connectivity index (χ2v) is 9.00. The molecule has 0 amide bonds. The molecule has 6 heteroatoms. The number of nitrogens with two attached hydrogens (primary N) is 2. The Morgan fingerprint density at radius 2 is 0.743 bits per heavy atom. The summed E-state index contributed by atoms with van der Waals surface area (Å²) in [5.41, 5.74) is 16.0. The Hall–Kier alpha value is -2.76. The first-order chi connectivity index (χ1) is 17.0. The molecule has 0 saturated heterocycles. The number of unbranched alkanes of at least 4 members (excludes halogenated alkanes) is 4. The molecule has 2 aromatic rings. The van der Waals surface area contributed by atoms with Gasteiger partial charge in [0.2, 0.25) is 0 Å². The van der Waals surface area contributed by atoms with E-state index >= 15 is 0 Å². The first-order valence-corrected chi connectivity index (χ1v) is 13.4. The molecule has 196 valence electrons. The van der Waals surface area contributed by atoms with E-state index in [4.69, 9.17) is 30.4 Å². The van der Waals surface area contributed by atoms with Gasteiger partial charge in [-0.1, -0.05) is 53.4 Å². The van der Waals surface area contributed by atoms with Crippen molar-refractivity contribution in [3.05, 3.63) is 35.4 Å². The molecular formula is C29H46N2O4.